The molecule has 0 atom stereocenters. The summed E-state index contributed by atoms with van der Waals surface area (Å²) in [7, 11) is 0. The van der Waals surface area contributed by atoms with Gasteiger partial charge in [-0.05, 0) is 0 Å². The first kappa shape index (κ1) is 19.1. The Morgan fingerprint density at radius 2 is 0.706 bits per heavy atom. The fourth-order valence-electron chi connectivity index (χ4n) is 0.891. The third-order valence-electron chi connectivity index (χ3n) is 1.59. The second kappa shape index (κ2) is 18.1. The van der Waals surface area contributed by atoms with Gasteiger partial charge >= 0.3 is 0 Å². The van der Waals surface area contributed by atoms with Crippen molar-refractivity contribution in [2.45, 2.75) is 0 Å². The van der Waals surface area contributed by atoms with Gasteiger partial charge in [0.25, 0.3) is 0 Å². The normalized spacial score (nSPS) is 10.2. The zero-order valence-corrected chi connectivity index (χ0v) is 10.1. The second-order valence-corrected chi connectivity index (χ2v) is 2.90. The maximum atomic E-state index is 8.41. The molecule has 0 unspecified atom stereocenters. The van der Waals surface area contributed by atoms with Crippen LogP contribution in [0.15, 0.2) is 0 Å². The fraction of sp³-hybridized carbons (Fsp3) is 1.00. The molecule has 0 spiro atoms. The lowest BCUT2D eigenvalue weighted by molar-refractivity contribution is -0.00856. The van der Waals surface area contributed by atoms with Crippen molar-refractivity contribution in [3.8, 4) is 0 Å². The van der Waals surface area contributed by atoms with E-state index in [0.29, 0.717) is 52.9 Å². The molecule has 106 valence electrons. The van der Waals surface area contributed by atoms with Crippen LogP contribution >= 0.6 is 0 Å². The van der Waals surface area contributed by atoms with Gasteiger partial charge in [-0.2, -0.15) is 0 Å². The minimum absolute atomic E-state index is 0. The average molecular weight is 256 g/mol. The highest BCUT2D eigenvalue weighted by Crippen LogP contribution is 1.82. The van der Waals surface area contributed by atoms with Gasteiger partial charge in [-0.15, -0.1) is 0 Å². The zero-order valence-electron chi connectivity index (χ0n) is 10.1. The Kier molecular flexibility index (Phi) is 20.3. The van der Waals surface area contributed by atoms with Crippen LogP contribution in [0.25, 0.3) is 0 Å². The van der Waals surface area contributed by atoms with E-state index in [1.165, 1.54) is 0 Å². The molecule has 0 saturated heterocycles. The number of rotatable bonds is 13. The third-order valence-corrected chi connectivity index (χ3v) is 1.59. The molecule has 4 N–H and O–H groups in total. The van der Waals surface area contributed by atoms with E-state index in [2.05, 4.69) is 0 Å². The minimum atomic E-state index is 0. The Balaban J connectivity index is 0. The molecule has 7 nitrogen and oxygen atoms in total. The summed E-state index contributed by atoms with van der Waals surface area (Å²) in [4.78, 5) is 0. The number of hydrogen-bond donors (Lipinski definition) is 2. The van der Waals surface area contributed by atoms with E-state index in [1.54, 1.807) is 0 Å². The van der Waals surface area contributed by atoms with Crippen molar-refractivity contribution in [2.24, 2.45) is 0 Å². The molecular weight excluding hydrogens is 232 g/mol. The van der Waals surface area contributed by atoms with Crippen LogP contribution in [-0.2, 0) is 18.9 Å². The molecule has 17 heavy (non-hydrogen) atoms. The summed E-state index contributed by atoms with van der Waals surface area (Å²) in [5, 5.41) is 16.8. The van der Waals surface area contributed by atoms with Crippen molar-refractivity contribution in [1.29, 1.82) is 0 Å². The van der Waals surface area contributed by atoms with Gasteiger partial charge in [-0.1, -0.05) is 0 Å². The Morgan fingerprint density at radius 1 is 0.471 bits per heavy atom. The van der Waals surface area contributed by atoms with Gasteiger partial charge < -0.3 is 34.6 Å². The lowest BCUT2D eigenvalue weighted by atomic mass is 10.7. The van der Waals surface area contributed by atoms with Crippen molar-refractivity contribution >= 4 is 0 Å². The van der Waals surface area contributed by atoms with Gasteiger partial charge in [0.05, 0.1) is 66.1 Å². The number of aliphatic hydroxyl groups excluding tert-OH is 2. The van der Waals surface area contributed by atoms with Gasteiger partial charge in [0, 0.05) is 0 Å². The van der Waals surface area contributed by atoms with Crippen molar-refractivity contribution < 1.29 is 34.6 Å². The number of hydrogen-bond acceptors (Lipinski definition) is 6. The van der Waals surface area contributed by atoms with Crippen LogP contribution in [0, 0.1) is 0 Å². The highest BCUT2D eigenvalue weighted by Gasteiger charge is 1.91. The van der Waals surface area contributed by atoms with E-state index in [1.807, 2.05) is 0 Å². The van der Waals surface area contributed by atoms with Crippen molar-refractivity contribution in [3.63, 3.8) is 0 Å². The Bertz CT molecular complexity index is 109. The highest BCUT2D eigenvalue weighted by molar-refractivity contribution is 4.34. The summed E-state index contributed by atoms with van der Waals surface area (Å²) in [6.45, 7) is 3.79. The summed E-state index contributed by atoms with van der Waals surface area (Å²) in [5.41, 5.74) is 0. The summed E-state index contributed by atoms with van der Waals surface area (Å²) in [5.74, 6) is 0. The lowest BCUT2D eigenvalue weighted by Gasteiger charge is -2.06. The van der Waals surface area contributed by atoms with Crippen LogP contribution in [0.2, 0.25) is 0 Å². The molecule has 0 aromatic carbocycles. The highest BCUT2D eigenvalue weighted by atomic mass is 16.6. The number of ether oxygens (including phenoxy) is 4. The first-order valence-corrected chi connectivity index (χ1v) is 5.44. The molecule has 0 aromatic heterocycles. The second-order valence-electron chi connectivity index (χ2n) is 2.90. The molecular formula is C10H24O7. The van der Waals surface area contributed by atoms with Crippen LogP contribution < -0.4 is 0 Å². The molecule has 0 aliphatic carbocycles. The van der Waals surface area contributed by atoms with Crippen LogP contribution in [0.3, 0.4) is 0 Å². The third kappa shape index (κ3) is 18.3. The SMILES string of the molecule is O.OCCOCCOCCOCCOCCO. The van der Waals surface area contributed by atoms with Crippen molar-refractivity contribution in [1.82, 2.24) is 0 Å². The van der Waals surface area contributed by atoms with Crippen LogP contribution in [0.1, 0.15) is 0 Å². The Hall–Kier alpha value is -0.280. The minimum Gasteiger partial charge on any atom is -0.412 e. The smallest absolute Gasteiger partial charge is 0.0701 e. The monoisotopic (exact) mass is 256 g/mol. The molecule has 0 rings (SSSR count). The predicted molar refractivity (Wildman–Crippen MR) is 61.1 cm³/mol. The summed E-state index contributed by atoms with van der Waals surface area (Å²) in [6.07, 6.45) is 0. The predicted octanol–water partition coefficient (Wildman–Crippen LogP) is -1.79. The van der Waals surface area contributed by atoms with E-state index < -0.39 is 0 Å². The van der Waals surface area contributed by atoms with E-state index >= 15 is 0 Å². The summed E-state index contributed by atoms with van der Waals surface area (Å²) in [6, 6.07) is 0. The van der Waals surface area contributed by atoms with E-state index in [4.69, 9.17) is 29.2 Å². The first-order valence-electron chi connectivity index (χ1n) is 5.44. The maximum absolute atomic E-state index is 8.41. The van der Waals surface area contributed by atoms with Crippen LogP contribution in [0.5, 0.6) is 0 Å². The molecule has 0 aliphatic heterocycles. The fourth-order valence-corrected chi connectivity index (χ4v) is 0.891. The molecule has 0 radical (unpaired) electrons. The lowest BCUT2D eigenvalue weighted by Crippen LogP contribution is -2.13. The maximum Gasteiger partial charge on any atom is 0.0701 e. The molecule has 0 saturated carbocycles. The summed E-state index contributed by atoms with van der Waals surface area (Å²) < 4.78 is 20.4. The number of aliphatic hydroxyl groups is 2. The molecule has 0 heterocycles. The Labute approximate surface area is 102 Å². The van der Waals surface area contributed by atoms with Gasteiger partial charge in [0.15, 0.2) is 0 Å². The van der Waals surface area contributed by atoms with Gasteiger partial charge in [0.2, 0.25) is 0 Å². The largest absolute Gasteiger partial charge is 0.412 e. The van der Waals surface area contributed by atoms with Gasteiger partial charge in [-0.3, -0.25) is 0 Å². The molecule has 0 amide bonds. The Morgan fingerprint density at radius 3 is 0.941 bits per heavy atom. The molecule has 0 aliphatic rings. The van der Waals surface area contributed by atoms with Crippen molar-refractivity contribution in [3.05, 3.63) is 0 Å². The zero-order chi connectivity index (χ0) is 11.9. The van der Waals surface area contributed by atoms with Crippen molar-refractivity contribution in [2.75, 3.05) is 66.1 Å². The summed E-state index contributed by atoms with van der Waals surface area (Å²) >= 11 is 0. The molecule has 0 fully saturated rings. The van der Waals surface area contributed by atoms with Crippen LogP contribution in [0.4, 0.5) is 0 Å². The average Bonchev–Trinajstić information content (AvgIpc) is 2.31. The van der Waals surface area contributed by atoms with Gasteiger partial charge in [-0.25, -0.2) is 0 Å². The molecule has 0 aromatic rings. The standard InChI is InChI=1S/C10H22O6.H2O/c11-1-3-13-5-7-15-9-10-16-8-6-14-4-2-12;/h11-12H,1-10H2;1H2. The van der Waals surface area contributed by atoms with E-state index in [0.717, 1.165) is 0 Å². The first-order chi connectivity index (χ1) is 7.91. The molecule has 0 bridgehead atoms. The van der Waals surface area contributed by atoms with Crippen LogP contribution in [-0.4, -0.2) is 81.8 Å². The quantitative estimate of drug-likeness (QED) is 0.377. The van der Waals surface area contributed by atoms with E-state index in [9.17, 15) is 0 Å². The van der Waals surface area contributed by atoms with Gasteiger partial charge in [0.1, 0.15) is 0 Å². The molecule has 7 heteroatoms. The van der Waals surface area contributed by atoms with E-state index in [-0.39, 0.29) is 18.7 Å². The topological polar surface area (TPSA) is 109 Å².